The summed E-state index contributed by atoms with van der Waals surface area (Å²) in [5.41, 5.74) is 4.12. The second kappa shape index (κ2) is 25.3. The molecule has 5 N–H and O–H groups in total. The molecule has 2 amide bonds. The summed E-state index contributed by atoms with van der Waals surface area (Å²) in [6.07, 6.45) is 0.738. The van der Waals surface area contributed by atoms with Crippen LogP contribution in [0.25, 0.3) is 32.7 Å². The highest BCUT2D eigenvalue weighted by atomic mass is 36.0. The van der Waals surface area contributed by atoms with Crippen LogP contribution in [0.1, 0.15) is 41.8 Å². The van der Waals surface area contributed by atoms with E-state index in [0.717, 1.165) is 91.7 Å². The summed E-state index contributed by atoms with van der Waals surface area (Å²) in [6.45, 7) is 11.2. The van der Waals surface area contributed by atoms with E-state index in [1.165, 1.54) is 13.1 Å². The molecule has 0 spiro atoms. The number of halogens is 3. The first-order valence-electron chi connectivity index (χ1n) is 21.7. The molecule has 0 saturated carbocycles. The standard InChI is InChI=1S/C16H19N3O3.C15H19N3O2.C10H9NO3.C5H12N2.Cl3OP/c1-18-5-7-19(8-6-18)16(21)15-13(10-20)12-9-11(22-2)3-4-14(12)17-15;1-17-5-7-18(8-6-17)15(19)14-10-11-9-12(20-2)3-4-13(11)16-14;1-14-7-2-3-8-6(4-7)5-9(11-8)10(12)13;1-7-4-2-6-3-5-7;1-5(2,3)4/h3-4,9-10,17H,5-8H2,1-2H3;3-4,9-10,16H,5-8H2,1-2H3;2-5,11H,1H3,(H,12,13);6H,2-5H2,1H3;. The predicted octanol–water partition coefficient (Wildman–Crippen LogP) is 7.15. The Labute approximate surface area is 409 Å². The summed E-state index contributed by atoms with van der Waals surface area (Å²) >= 11 is 13.8. The Hall–Kier alpha value is -5.30. The Balaban J connectivity index is 0.000000172. The number of carboxylic acid groups (broad SMARTS) is 1. The van der Waals surface area contributed by atoms with E-state index in [9.17, 15) is 23.7 Å². The van der Waals surface area contributed by atoms with E-state index in [4.69, 9.17) is 19.3 Å². The van der Waals surface area contributed by atoms with Crippen molar-refractivity contribution in [3.05, 3.63) is 89.4 Å². The molecule has 22 heteroatoms. The zero-order valence-electron chi connectivity index (χ0n) is 38.9. The topological polar surface area (TPSA) is 209 Å². The summed E-state index contributed by atoms with van der Waals surface area (Å²) in [7, 11) is 11.1. The lowest BCUT2D eigenvalue weighted by Crippen LogP contribution is -2.47. The molecule has 0 unspecified atom stereocenters. The van der Waals surface area contributed by atoms with Gasteiger partial charge in [-0.1, -0.05) is 0 Å². The van der Waals surface area contributed by atoms with Gasteiger partial charge in [0.25, 0.3) is 11.8 Å². The number of likely N-dealkylation sites (N-methyl/N-ethyl adjacent to an activating group) is 3. The van der Waals surface area contributed by atoms with Gasteiger partial charge in [-0.2, -0.15) is 0 Å². The number of carbonyl (C=O) groups is 4. The molecule has 68 heavy (non-hydrogen) atoms. The van der Waals surface area contributed by atoms with Crippen molar-refractivity contribution in [2.45, 2.75) is 0 Å². The quantitative estimate of drug-likeness (QED) is 0.0797. The number of rotatable bonds is 7. The van der Waals surface area contributed by atoms with Crippen molar-refractivity contribution in [2.75, 3.05) is 121 Å². The Morgan fingerprint density at radius 3 is 1.43 bits per heavy atom. The number of piperazine rings is 3. The number of methoxy groups -OCH3 is 3. The predicted molar refractivity (Wildman–Crippen MR) is 269 cm³/mol. The van der Waals surface area contributed by atoms with Crippen LogP contribution >= 0.6 is 38.9 Å². The van der Waals surface area contributed by atoms with Gasteiger partial charge in [-0.3, -0.25) is 18.9 Å². The monoisotopic (exact) mass is 1020 g/mol. The molecule has 3 aliphatic rings. The molecule has 0 bridgehead atoms. The van der Waals surface area contributed by atoms with Crippen molar-refractivity contribution in [1.82, 2.24) is 44.8 Å². The van der Waals surface area contributed by atoms with Crippen molar-refractivity contribution in [3.8, 4) is 17.2 Å². The molecule has 0 radical (unpaired) electrons. The van der Waals surface area contributed by atoms with Crippen molar-refractivity contribution in [3.63, 3.8) is 0 Å². The summed E-state index contributed by atoms with van der Waals surface area (Å²) in [5.74, 6) is 1.18. The fraction of sp³-hybridized carbons (Fsp3) is 0.391. The van der Waals surface area contributed by atoms with Gasteiger partial charge in [0.05, 0.1) is 26.9 Å². The first-order chi connectivity index (χ1) is 32.4. The molecule has 6 aromatic rings. The van der Waals surface area contributed by atoms with Crippen molar-refractivity contribution < 1.29 is 43.1 Å². The number of carbonyl (C=O) groups excluding carboxylic acids is 3. The third-order valence-corrected chi connectivity index (χ3v) is 11.4. The molecule has 3 aromatic carbocycles. The maximum Gasteiger partial charge on any atom is 0.352 e. The van der Waals surface area contributed by atoms with Crippen LogP contribution in [0.15, 0.2) is 66.7 Å². The molecular weight excluding hydrogens is 960 g/mol. The third-order valence-electron chi connectivity index (χ3n) is 11.4. The number of hydrogen-bond donors (Lipinski definition) is 5. The highest BCUT2D eigenvalue weighted by Crippen LogP contribution is 2.61. The number of aromatic amines is 3. The van der Waals surface area contributed by atoms with E-state index in [-0.39, 0.29) is 17.5 Å². The third kappa shape index (κ3) is 15.6. The minimum absolute atomic E-state index is 0.0771. The maximum atomic E-state index is 12.7. The molecule has 368 valence electrons. The fourth-order valence-corrected chi connectivity index (χ4v) is 7.44. The van der Waals surface area contributed by atoms with Gasteiger partial charge in [0.1, 0.15) is 34.3 Å². The lowest BCUT2D eigenvalue weighted by molar-refractivity contribution is 0.0651. The number of aldehydes is 1. The molecular formula is C46H59Cl3N9O9P. The minimum Gasteiger partial charge on any atom is -0.497 e. The number of aromatic nitrogens is 3. The zero-order chi connectivity index (χ0) is 49.5. The number of ether oxygens (including phenoxy) is 3. The summed E-state index contributed by atoms with van der Waals surface area (Å²) < 4.78 is 24.9. The molecule has 3 saturated heterocycles. The van der Waals surface area contributed by atoms with E-state index >= 15 is 0 Å². The molecule has 18 nitrogen and oxygen atoms in total. The van der Waals surface area contributed by atoms with Gasteiger partial charge in [0.2, 0.25) is 0 Å². The highest BCUT2D eigenvalue weighted by molar-refractivity contribution is 8.24. The number of amides is 2. The summed E-state index contributed by atoms with van der Waals surface area (Å²) in [6, 6.07) is 20.0. The largest absolute Gasteiger partial charge is 0.497 e. The SMILES string of the molecule is CN1CCNCC1.COc1ccc2[nH]c(C(=O)N3CCN(C)CC3)c(C=O)c2c1.COc1ccc2[nH]c(C(=O)N3CCN(C)CC3)cc2c1.COc1ccc2[nH]c(C(=O)O)cc2c1.O=P(Cl)(Cl)Cl. The number of carboxylic acids is 1. The fourth-order valence-electron chi connectivity index (χ4n) is 7.44. The minimum atomic E-state index is -3.22. The van der Waals surface area contributed by atoms with Crippen LogP contribution < -0.4 is 19.5 Å². The number of nitrogens with one attached hydrogen (secondary N) is 4. The first-order valence-corrected chi connectivity index (χ1v) is 26.1. The Morgan fingerprint density at radius 2 is 1.00 bits per heavy atom. The number of fused-ring (bicyclic) bond motifs is 3. The van der Waals surface area contributed by atoms with E-state index in [2.05, 4.69) is 82.8 Å². The van der Waals surface area contributed by atoms with Crippen LogP contribution in [0.4, 0.5) is 0 Å². The second-order valence-electron chi connectivity index (χ2n) is 16.2. The van der Waals surface area contributed by atoms with Gasteiger partial charge < -0.3 is 64.1 Å². The van der Waals surface area contributed by atoms with Gasteiger partial charge >= 0.3 is 11.2 Å². The molecule has 3 aliphatic heterocycles. The summed E-state index contributed by atoms with van der Waals surface area (Å²) in [5, 5.41) is 11.4. The second-order valence-corrected chi connectivity index (χ2v) is 22.8. The number of benzene rings is 3. The molecule has 6 heterocycles. The lowest BCUT2D eigenvalue weighted by Gasteiger charge is -2.32. The first kappa shape index (κ1) is 53.7. The maximum absolute atomic E-state index is 12.7. The number of H-pyrrole nitrogens is 3. The van der Waals surface area contributed by atoms with Gasteiger partial charge in [0.15, 0.2) is 6.29 Å². The van der Waals surface area contributed by atoms with Gasteiger partial charge in [-0.05, 0) is 122 Å². The van der Waals surface area contributed by atoms with Crippen LogP contribution in [-0.4, -0.2) is 190 Å². The van der Waals surface area contributed by atoms with Crippen molar-refractivity contribution in [1.29, 1.82) is 0 Å². The van der Waals surface area contributed by atoms with Crippen LogP contribution in [-0.2, 0) is 4.57 Å². The van der Waals surface area contributed by atoms with Crippen LogP contribution in [0, 0.1) is 0 Å². The zero-order valence-corrected chi connectivity index (χ0v) is 42.1. The van der Waals surface area contributed by atoms with Crippen molar-refractivity contribution in [2.24, 2.45) is 0 Å². The Bertz CT molecular complexity index is 2680. The number of aromatic carboxylic acids is 1. The molecule has 3 aromatic heterocycles. The lowest BCUT2D eigenvalue weighted by atomic mass is 10.1. The van der Waals surface area contributed by atoms with E-state index < -0.39 is 11.2 Å². The number of nitrogens with zero attached hydrogens (tertiary/aromatic N) is 5. The normalized spacial score (nSPS) is 15.7. The molecule has 9 rings (SSSR count). The summed E-state index contributed by atoms with van der Waals surface area (Å²) in [4.78, 5) is 66.8. The average molecular weight is 1020 g/mol. The Kier molecular flexibility index (Phi) is 20.0. The molecule has 0 aliphatic carbocycles. The van der Waals surface area contributed by atoms with Crippen LogP contribution in [0.5, 0.6) is 17.2 Å². The van der Waals surface area contributed by atoms with Gasteiger partial charge in [-0.25, -0.2) is 4.79 Å². The van der Waals surface area contributed by atoms with E-state index in [1.807, 2.05) is 42.3 Å². The highest BCUT2D eigenvalue weighted by Gasteiger charge is 2.26. The smallest absolute Gasteiger partial charge is 0.352 e. The van der Waals surface area contributed by atoms with Crippen LogP contribution in [0.2, 0.25) is 0 Å². The molecule has 3 fully saturated rings. The van der Waals surface area contributed by atoms with Crippen LogP contribution in [0.3, 0.4) is 0 Å². The van der Waals surface area contributed by atoms with Gasteiger partial charge in [0, 0.05) is 111 Å². The van der Waals surface area contributed by atoms with E-state index in [0.29, 0.717) is 46.9 Å². The van der Waals surface area contributed by atoms with E-state index in [1.54, 1.807) is 62.6 Å². The molecule has 0 atom stereocenters. The average Bonchev–Trinajstić information content (AvgIpc) is 4.06. The van der Waals surface area contributed by atoms with Gasteiger partial charge in [-0.15, -0.1) is 0 Å². The number of hydrogen-bond acceptors (Lipinski definition) is 12. The Morgan fingerprint density at radius 1 is 0.588 bits per heavy atom. The van der Waals surface area contributed by atoms with Crippen molar-refractivity contribution >= 4 is 95.7 Å².